The molecule has 0 spiro atoms. The summed E-state index contributed by atoms with van der Waals surface area (Å²) >= 11 is 0. The van der Waals surface area contributed by atoms with Gasteiger partial charge in [-0.05, 0) is 43.2 Å². The minimum absolute atomic E-state index is 0.120. The lowest BCUT2D eigenvalue weighted by molar-refractivity contribution is 0.700. The number of hydrogen-bond donors (Lipinski definition) is 0. The number of nitrogens with zero attached hydrogens (tertiary/aromatic N) is 5. The Morgan fingerprint density at radius 1 is 1.11 bits per heavy atom. The van der Waals surface area contributed by atoms with Crippen LogP contribution in [0.25, 0.3) is 33.5 Å². The summed E-state index contributed by atoms with van der Waals surface area (Å²) in [5.41, 5.74) is 7.40. The van der Waals surface area contributed by atoms with Crippen LogP contribution in [0.2, 0.25) is 0 Å². The molecule has 3 aromatic heterocycles. The van der Waals surface area contributed by atoms with Crippen molar-refractivity contribution < 1.29 is 0 Å². The van der Waals surface area contributed by atoms with Gasteiger partial charge in [0.25, 0.3) is 5.56 Å². The highest BCUT2D eigenvalue weighted by Crippen LogP contribution is 2.35. The lowest BCUT2D eigenvalue weighted by atomic mass is 9.98. The van der Waals surface area contributed by atoms with Crippen LogP contribution in [-0.2, 0) is 20.5 Å². The molecule has 0 atom stereocenters. The van der Waals surface area contributed by atoms with E-state index in [0.29, 0.717) is 0 Å². The first kappa shape index (κ1) is 18.1. The summed E-state index contributed by atoms with van der Waals surface area (Å²) in [6, 6.07) is 12.0. The molecule has 0 aliphatic heterocycles. The van der Waals surface area contributed by atoms with Crippen molar-refractivity contribution in [3.05, 3.63) is 64.3 Å². The Kier molecular flexibility index (Phi) is 4.55. The average molecular weight is 373 g/mol. The van der Waals surface area contributed by atoms with Crippen LogP contribution in [0, 0.1) is 6.92 Å². The molecule has 4 rings (SSSR count). The van der Waals surface area contributed by atoms with Crippen LogP contribution in [0.3, 0.4) is 0 Å². The number of rotatable bonds is 4. The number of hydrogen-bond acceptors (Lipinski definition) is 4. The maximum absolute atomic E-state index is 12.1. The van der Waals surface area contributed by atoms with E-state index in [0.717, 1.165) is 57.8 Å². The summed E-state index contributed by atoms with van der Waals surface area (Å²) < 4.78 is 3.58. The molecule has 0 amide bonds. The quantitative estimate of drug-likeness (QED) is 0.548. The normalized spacial score (nSPS) is 11.3. The summed E-state index contributed by atoms with van der Waals surface area (Å²) in [4.78, 5) is 21.0. The highest BCUT2D eigenvalue weighted by Gasteiger charge is 2.20. The number of fused-ring (bicyclic) bond motifs is 1. The van der Waals surface area contributed by atoms with Crippen molar-refractivity contribution in [1.82, 2.24) is 24.3 Å². The van der Waals surface area contributed by atoms with Crippen LogP contribution in [0.4, 0.5) is 0 Å². The minimum atomic E-state index is -0.120. The fraction of sp³-hybridized carbons (Fsp3) is 0.273. The van der Waals surface area contributed by atoms with Gasteiger partial charge in [-0.25, -0.2) is 4.98 Å². The van der Waals surface area contributed by atoms with Gasteiger partial charge in [-0.3, -0.25) is 14.5 Å². The zero-order chi connectivity index (χ0) is 19.8. The number of pyridine rings is 1. The molecule has 3 heterocycles. The van der Waals surface area contributed by atoms with E-state index in [-0.39, 0.29) is 5.56 Å². The molecule has 0 N–H and O–H groups in total. The van der Waals surface area contributed by atoms with E-state index in [1.807, 2.05) is 49.0 Å². The summed E-state index contributed by atoms with van der Waals surface area (Å²) in [7, 11) is 3.75. The summed E-state index contributed by atoms with van der Waals surface area (Å²) in [5, 5.41) is 4.81. The second-order valence-corrected chi connectivity index (χ2v) is 7.07. The molecule has 0 saturated heterocycles. The van der Waals surface area contributed by atoms with Gasteiger partial charge in [-0.2, -0.15) is 5.10 Å². The van der Waals surface area contributed by atoms with Gasteiger partial charge in [0, 0.05) is 31.0 Å². The third-order valence-electron chi connectivity index (χ3n) is 5.05. The highest BCUT2D eigenvalue weighted by molar-refractivity contribution is 5.87. The molecule has 6 heteroatoms. The van der Waals surface area contributed by atoms with E-state index in [4.69, 9.17) is 10.1 Å². The second kappa shape index (κ2) is 7.03. The Labute approximate surface area is 163 Å². The van der Waals surface area contributed by atoms with E-state index >= 15 is 0 Å². The van der Waals surface area contributed by atoms with Crippen LogP contribution in [0.5, 0.6) is 0 Å². The largest absolute Gasteiger partial charge is 0.309 e. The van der Waals surface area contributed by atoms with E-state index in [1.54, 1.807) is 11.6 Å². The van der Waals surface area contributed by atoms with E-state index in [9.17, 15) is 4.79 Å². The van der Waals surface area contributed by atoms with Crippen LogP contribution < -0.4 is 5.56 Å². The lowest BCUT2D eigenvalue weighted by Crippen LogP contribution is -2.16. The van der Waals surface area contributed by atoms with Crippen molar-refractivity contribution in [2.45, 2.75) is 26.7 Å². The first-order valence-corrected chi connectivity index (χ1v) is 9.45. The predicted molar refractivity (Wildman–Crippen MR) is 111 cm³/mol. The van der Waals surface area contributed by atoms with Crippen molar-refractivity contribution in [3.8, 4) is 22.5 Å². The van der Waals surface area contributed by atoms with Crippen molar-refractivity contribution >= 4 is 11.0 Å². The zero-order valence-corrected chi connectivity index (χ0v) is 16.6. The van der Waals surface area contributed by atoms with Crippen LogP contribution >= 0.6 is 0 Å². The number of aryl methyl sites for hydroxylation is 3. The second-order valence-electron chi connectivity index (χ2n) is 7.07. The summed E-state index contributed by atoms with van der Waals surface area (Å²) in [6.45, 7) is 4.14. The van der Waals surface area contributed by atoms with Gasteiger partial charge < -0.3 is 4.57 Å². The minimum Gasteiger partial charge on any atom is -0.309 e. The molecule has 0 fully saturated rings. The predicted octanol–water partition coefficient (Wildman–Crippen LogP) is 3.66. The zero-order valence-electron chi connectivity index (χ0n) is 16.6. The van der Waals surface area contributed by atoms with Gasteiger partial charge in [0.2, 0.25) is 0 Å². The molecule has 0 saturated carbocycles. The highest BCUT2D eigenvalue weighted by atomic mass is 16.1. The third-order valence-corrected chi connectivity index (χ3v) is 5.05. The Bertz CT molecular complexity index is 1240. The lowest BCUT2D eigenvalue weighted by Gasteiger charge is -2.10. The van der Waals surface area contributed by atoms with Crippen molar-refractivity contribution in [3.63, 3.8) is 0 Å². The fourth-order valence-electron chi connectivity index (χ4n) is 3.63. The van der Waals surface area contributed by atoms with Gasteiger partial charge in [0.15, 0.2) is 0 Å². The first-order valence-electron chi connectivity index (χ1n) is 9.45. The third kappa shape index (κ3) is 3.01. The maximum Gasteiger partial charge on any atom is 0.269 e. The van der Waals surface area contributed by atoms with E-state index < -0.39 is 0 Å². The van der Waals surface area contributed by atoms with Crippen LogP contribution in [-0.4, -0.2) is 24.3 Å². The SMILES string of the molecule is CCCc1c(-c2ccc3ncc(=O)n(C)c3c2)c(-c2cccc(C)n2)nn1C. The fourth-order valence-corrected chi connectivity index (χ4v) is 3.63. The standard InChI is InChI=1S/C22H23N5O/c1-5-7-18-21(22(25-27(18)4)17-9-6-8-14(2)24-17)15-10-11-16-19(12-15)26(3)20(28)13-23-16/h6,8-13H,5,7H2,1-4H3. The van der Waals surface area contributed by atoms with Gasteiger partial charge in [-0.15, -0.1) is 0 Å². The number of aromatic nitrogens is 5. The molecule has 6 nitrogen and oxygen atoms in total. The molecule has 1 aromatic carbocycles. The Hall–Kier alpha value is -3.28. The van der Waals surface area contributed by atoms with E-state index in [1.165, 1.54) is 6.20 Å². The van der Waals surface area contributed by atoms with Gasteiger partial charge >= 0.3 is 0 Å². The van der Waals surface area contributed by atoms with Crippen molar-refractivity contribution in [2.75, 3.05) is 0 Å². The molecular weight excluding hydrogens is 350 g/mol. The van der Waals surface area contributed by atoms with Gasteiger partial charge in [-0.1, -0.05) is 25.5 Å². The Morgan fingerprint density at radius 2 is 1.93 bits per heavy atom. The topological polar surface area (TPSA) is 65.6 Å². The van der Waals surface area contributed by atoms with Crippen LogP contribution in [0.1, 0.15) is 24.7 Å². The Balaban J connectivity index is 2.02. The summed E-state index contributed by atoms with van der Waals surface area (Å²) in [5.74, 6) is 0. The van der Waals surface area contributed by atoms with E-state index in [2.05, 4.69) is 18.0 Å². The van der Waals surface area contributed by atoms with Gasteiger partial charge in [0.1, 0.15) is 5.69 Å². The monoisotopic (exact) mass is 373 g/mol. The number of benzene rings is 1. The van der Waals surface area contributed by atoms with Crippen molar-refractivity contribution in [1.29, 1.82) is 0 Å². The molecular formula is C22H23N5O. The molecule has 0 unspecified atom stereocenters. The maximum atomic E-state index is 12.1. The molecule has 0 aliphatic rings. The molecule has 0 radical (unpaired) electrons. The summed E-state index contributed by atoms with van der Waals surface area (Å²) in [6.07, 6.45) is 3.28. The molecule has 28 heavy (non-hydrogen) atoms. The molecule has 0 aliphatic carbocycles. The average Bonchev–Trinajstić information content (AvgIpc) is 3.01. The Morgan fingerprint density at radius 3 is 2.68 bits per heavy atom. The van der Waals surface area contributed by atoms with Crippen molar-refractivity contribution in [2.24, 2.45) is 14.1 Å². The molecule has 4 aromatic rings. The van der Waals surface area contributed by atoms with Crippen LogP contribution in [0.15, 0.2) is 47.4 Å². The van der Waals surface area contributed by atoms with Gasteiger partial charge in [0.05, 0.1) is 22.9 Å². The first-order chi connectivity index (χ1) is 13.5. The molecule has 142 valence electrons. The molecule has 0 bridgehead atoms. The smallest absolute Gasteiger partial charge is 0.269 e.